The molecule has 0 aliphatic carbocycles. The maximum absolute atomic E-state index is 11.6. The molecule has 5 heteroatoms. The standard InChI is InChI=1S/C16H23NO4/c1-11(17-15(20)21-16(2,3)4)8-9-12-6-5-7-13(10-12)14(18)19/h5-7,10-11H,8-9H2,1-4H3,(H,17,20)(H,18,19). The molecule has 0 fully saturated rings. The zero-order valence-electron chi connectivity index (χ0n) is 13.0. The highest BCUT2D eigenvalue weighted by Gasteiger charge is 2.17. The summed E-state index contributed by atoms with van der Waals surface area (Å²) in [6.45, 7) is 7.34. The highest BCUT2D eigenvalue weighted by atomic mass is 16.6. The molecule has 2 N–H and O–H groups in total. The fourth-order valence-corrected chi connectivity index (χ4v) is 1.82. The SMILES string of the molecule is CC(CCc1cccc(C(=O)O)c1)NC(=O)OC(C)(C)C. The molecule has 116 valence electrons. The Labute approximate surface area is 125 Å². The van der Waals surface area contributed by atoms with Crippen molar-refractivity contribution in [3.63, 3.8) is 0 Å². The number of hydrogen-bond donors (Lipinski definition) is 2. The van der Waals surface area contributed by atoms with Gasteiger partial charge < -0.3 is 15.2 Å². The van der Waals surface area contributed by atoms with Gasteiger partial charge in [-0.3, -0.25) is 0 Å². The van der Waals surface area contributed by atoms with E-state index in [2.05, 4.69) is 5.32 Å². The number of ether oxygens (including phenoxy) is 1. The van der Waals surface area contributed by atoms with Gasteiger partial charge in [0.15, 0.2) is 0 Å². The van der Waals surface area contributed by atoms with Crippen LogP contribution in [0.3, 0.4) is 0 Å². The van der Waals surface area contributed by atoms with Gasteiger partial charge in [-0.05, 0) is 58.2 Å². The lowest BCUT2D eigenvalue weighted by Crippen LogP contribution is -2.37. The van der Waals surface area contributed by atoms with Crippen LogP contribution in [0.15, 0.2) is 24.3 Å². The van der Waals surface area contributed by atoms with Gasteiger partial charge >= 0.3 is 12.1 Å². The summed E-state index contributed by atoms with van der Waals surface area (Å²) in [5, 5.41) is 11.7. The minimum Gasteiger partial charge on any atom is -0.478 e. The van der Waals surface area contributed by atoms with Crippen LogP contribution in [-0.4, -0.2) is 28.8 Å². The molecular weight excluding hydrogens is 270 g/mol. The third kappa shape index (κ3) is 6.79. The summed E-state index contributed by atoms with van der Waals surface area (Å²) < 4.78 is 5.18. The summed E-state index contributed by atoms with van der Waals surface area (Å²) in [4.78, 5) is 22.5. The summed E-state index contributed by atoms with van der Waals surface area (Å²) >= 11 is 0. The molecule has 0 heterocycles. The number of aryl methyl sites for hydroxylation is 1. The van der Waals surface area contributed by atoms with Crippen molar-refractivity contribution in [2.24, 2.45) is 0 Å². The van der Waals surface area contributed by atoms with Gasteiger partial charge in [-0.1, -0.05) is 12.1 Å². The quantitative estimate of drug-likeness (QED) is 0.874. The van der Waals surface area contributed by atoms with Crippen molar-refractivity contribution in [3.05, 3.63) is 35.4 Å². The van der Waals surface area contributed by atoms with Crippen molar-refractivity contribution in [2.75, 3.05) is 0 Å². The van der Waals surface area contributed by atoms with Crippen LogP contribution >= 0.6 is 0 Å². The number of carbonyl (C=O) groups is 2. The van der Waals surface area contributed by atoms with Crippen molar-refractivity contribution in [2.45, 2.75) is 52.2 Å². The Bertz CT molecular complexity index is 505. The van der Waals surface area contributed by atoms with E-state index in [0.29, 0.717) is 12.8 Å². The molecule has 1 aromatic rings. The largest absolute Gasteiger partial charge is 0.478 e. The van der Waals surface area contributed by atoms with Gasteiger partial charge in [0.25, 0.3) is 0 Å². The van der Waals surface area contributed by atoms with Crippen molar-refractivity contribution < 1.29 is 19.4 Å². The van der Waals surface area contributed by atoms with Gasteiger partial charge in [-0.25, -0.2) is 9.59 Å². The number of nitrogens with one attached hydrogen (secondary N) is 1. The van der Waals surface area contributed by atoms with Gasteiger partial charge in [0.1, 0.15) is 5.60 Å². The summed E-state index contributed by atoms with van der Waals surface area (Å²) in [6.07, 6.45) is 0.967. The molecular formula is C16H23NO4. The zero-order chi connectivity index (χ0) is 16.0. The van der Waals surface area contributed by atoms with Gasteiger partial charge in [-0.2, -0.15) is 0 Å². The summed E-state index contributed by atoms with van der Waals surface area (Å²) in [7, 11) is 0. The number of carbonyl (C=O) groups excluding carboxylic acids is 1. The van der Waals surface area contributed by atoms with E-state index in [1.807, 2.05) is 33.8 Å². The number of hydrogen-bond acceptors (Lipinski definition) is 3. The fraction of sp³-hybridized carbons (Fsp3) is 0.500. The first-order valence-electron chi connectivity index (χ1n) is 6.99. The van der Waals surface area contributed by atoms with E-state index in [-0.39, 0.29) is 11.6 Å². The molecule has 1 aromatic carbocycles. The Kier molecular flexibility index (Phi) is 5.76. The molecule has 1 rings (SSSR count). The summed E-state index contributed by atoms with van der Waals surface area (Å²) in [6, 6.07) is 6.78. The van der Waals surface area contributed by atoms with Crippen LogP contribution in [0.5, 0.6) is 0 Å². The van der Waals surface area contributed by atoms with Crippen molar-refractivity contribution in [1.29, 1.82) is 0 Å². The minimum absolute atomic E-state index is 0.0478. The molecule has 1 amide bonds. The number of aromatic carboxylic acids is 1. The Morgan fingerprint density at radius 2 is 2.00 bits per heavy atom. The van der Waals surface area contributed by atoms with E-state index in [1.54, 1.807) is 18.2 Å². The predicted molar refractivity (Wildman–Crippen MR) is 80.6 cm³/mol. The fourth-order valence-electron chi connectivity index (χ4n) is 1.82. The lowest BCUT2D eigenvalue weighted by Gasteiger charge is -2.22. The molecule has 0 aliphatic rings. The molecule has 0 aliphatic heterocycles. The predicted octanol–water partition coefficient (Wildman–Crippen LogP) is 3.23. The number of rotatable bonds is 5. The number of alkyl carbamates (subject to hydrolysis) is 1. The first-order chi connectivity index (χ1) is 9.67. The second kappa shape index (κ2) is 7.11. The monoisotopic (exact) mass is 293 g/mol. The molecule has 0 aromatic heterocycles. The first-order valence-corrected chi connectivity index (χ1v) is 6.99. The van der Waals surface area contributed by atoms with E-state index in [0.717, 1.165) is 5.56 Å². The molecule has 0 spiro atoms. The molecule has 1 unspecified atom stereocenters. The average molecular weight is 293 g/mol. The third-order valence-corrected chi connectivity index (χ3v) is 2.80. The lowest BCUT2D eigenvalue weighted by molar-refractivity contribution is 0.0506. The van der Waals surface area contributed by atoms with Crippen molar-refractivity contribution in [1.82, 2.24) is 5.32 Å². The minimum atomic E-state index is -0.934. The molecule has 21 heavy (non-hydrogen) atoms. The second-order valence-electron chi connectivity index (χ2n) is 6.09. The van der Waals surface area contributed by atoms with Crippen LogP contribution in [0.25, 0.3) is 0 Å². The molecule has 0 saturated carbocycles. The summed E-state index contributed by atoms with van der Waals surface area (Å²) in [5.41, 5.74) is 0.701. The van der Waals surface area contributed by atoms with E-state index in [4.69, 9.17) is 9.84 Å². The smallest absolute Gasteiger partial charge is 0.407 e. The van der Waals surface area contributed by atoms with Crippen LogP contribution in [0.1, 0.15) is 50.0 Å². The van der Waals surface area contributed by atoms with Gasteiger partial charge in [0, 0.05) is 6.04 Å². The first kappa shape index (κ1) is 17.0. The molecule has 5 nitrogen and oxygen atoms in total. The third-order valence-electron chi connectivity index (χ3n) is 2.80. The Morgan fingerprint density at radius 1 is 1.33 bits per heavy atom. The van der Waals surface area contributed by atoms with E-state index < -0.39 is 17.7 Å². The topological polar surface area (TPSA) is 75.6 Å². The zero-order valence-corrected chi connectivity index (χ0v) is 13.0. The van der Waals surface area contributed by atoms with Gasteiger partial charge in [0.2, 0.25) is 0 Å². The highest BCUT2D eigenvalue weighted by molar-refractivity contribution is 5.87. The number of benzene rings is 1. The number of carboxylic acids is 1. The molecule has 0 saturated heterocycles. The van der Waals surface area contributed by atoms with Crippen LogP contribution in [-0.2, 0) is 11.2 Å². The number of carboxylic acid groups (broad SMARTS) is 1. The normalized spacial score (nSPS) is 12.6. The van der Waals surface area contributed by atoms with E-state index in [9.17, 15) is 9.59 Å². The van der Waals surface area contributed by atoms with E-state index >= 15 is 0 Å². The summed E-state index contributed by atoms with van der Waals surface area (Å²) in [5.74, 6) is -0.934. The van der Waals surface area contributed by atoms with Crippen molar-refractivity contribution in [3.8, 4) is 0 Å². The maximum atomic E-state index is 11.6. The Hall–Kier alpha value is -2.04. The molecule has 0 bridgehead atoms. The van der Waals surface area contributed by atoms with E-state index in [1.165, 1.54) is 0 Å². The maximum Gasteiger partial charge on any atom is 0.407 e. The van der Waals surface area contributed by atoms with Crippen LogP contribution in [0.4, 0.5) is 4.79 Å². The van der Waals surface area contributed by atoms with Crippen LogP contribution in [0.2, 0.25) is 0 Å². The average Bonchev–Trinajstić information content (AvgIpc) is 2.34. The molecule has 1 atom stereocenters. The number of amides is 1. The Morgan fingerprint density at radius 3 is 2.57 bits per heavy atom. The Balaban J connectivity index is 2.46. The molecule has 0 radical (unpaired) electrons. The van der Waals surface area contributed by atoms with Crippen LogP contribution < -0.4 is 5.32 Å². The van der Waals surface area contributed by atoms with Crippen molar-refractivity contribution >= 4 is 12.1 Å². The van der Waals surface area contributed by atoms with Gasteiger partial charge in [0.05, 0.1) is 5.56 Å². The van der Waals surface area contributed by atoms with Crippen LogP contribution in [0, 0.1) is 0 Å². The second-order valence-corrected chi connectivity index (χ2v) is 6.09. The van der Waals surface area contributed by atoms with Gasteiger partial charge in [-0.15, -0.1) is 0 Å². The lowest BCUT2D eigenvalue weighted by atomic mass is 10.0. The highest BCUT2D eigenvalue weighted by Crippen LogP contribution is 2.10.